The van der Waals surface area contributed by atoms with Gasteiger partial charge >= 0.3 is 12.2 Å². The summed E-state index contributed by atoms with van der Waals surface area (Å²) in [5.41, 5.74) is -1.37. The minimum atomic E-state index is -0.744. The number of amides is 2. The number of hydrogen-bond donors (Lipinski definition) is 0. The molecule has 0 fully saturated rings. The van der Waals surface area contributed by atoms with E-state index in [1.165, 1.54) is 0 Å². The van der Waals surface area contributed by atoms with Gasteiger partial charge in [0.15, 0.2) is 0 Å². The number of nitrogens with zero attached hydrogens (tertiary/aromatic N) is 1. The van der Waals surface area contributed by atoms with Crippen molar-refractivity contribution in [1.82, 2.24) is 4.90 Å². The van der Waals surface area contributed by atoms with Crippen LogP contribution in [0, 0.1) is 0 Å². The van der Waals surface area contributed by atoms with E-state index in [1.807, 2.05) is 0 Å². The molecule has 20 heavy (non-hydrogen) atoms. The average molecular weight is 306 g/mol. The van der Waals surface area contributed by atoms with Crippen molar-refractivity contribution < 1.29 is 19.1 Å². The van der Waals surface area contributed by atoms with Crippen LogP contribution in [0.2, 0.25) is 0 Å². The number of alkyl halides is 1. The van der Waals surface area contributed by atoms with Gasteiger partial charge in [-0.15, -0.1) is 11.6 Å². The molecule has 2 amide bonds. The monoisotopic (exact) mass is 305 g/mol. The Morgan fingerprint density at radius 1 is 0.950 bits per heavy atom. The summed E-state index contributed by atoms with van der Waals surface area (Å²) in [7, 11) is 0. The zero-order chi connectivity index (χ0) is 16.0. The van der Waals surface area contributed by atoms with Crippen molar-refractivity contribution in [3.63, 3.8) is 0 Å². The molecule has 0 saturated heterocycles. The van der Waals surface area contributed by atoms with E-state index in [4.69, 9.17) is 21.1 Å². The lowest BCUT2D eigenvalue weighted by Crippen LogP contribution is -2.43. The van der Waals surface area contributed by atoms with Crippen LogP contribution in [-0.2, 0) is 9.47 Å². The smallest absolute Gasteiger partial charge is 0.420 e. The highest BCUT2D eigenvalue weighted by Gasteiger charge is 2.30. The molecule has 0 bridgehead atoms. The van der Waals surface area contributed by atoms with E-state index in [9.17, 15) is 9.59 Å². The Balaban J connectivity index is 4.93. The van der Waals surface area contributed by atoms with Crippen molar-refractivity contribution in [1.29, 1.82) is 0 Å². The van der Waals surface area contributed by atoms with E-state index in [2.05, 4.69) is 0 Å². The second-order valence-corrected chi connectivity index (χ2v) is 6.51. The van der Waals surface area contributed by atoms with Gasteiger partial charge in [-0.3, -0.25) is 0 Å². The van der Waals surface area contributed by atoms with Crippen LogP contribution in [0.5, 0.6) is 0 Å². The van der Waals surface area contributed by atoms with Crippen molar-refractivity contribution in [2.45, 2.75) is 52.7 Å². The number of hydrogen-bond acceptors (Lipinski definition) is 4. The molecule has 0 aromatic heterocycles. The Labute approximate surface area is 125 Å². The van der Waals surface area contributed by atoms with Gasteiger partial charge in [0.05, 0.1) is 6.54 Å². The summed E-state index contributed by atoms with van der Waals surface area (Å²) in [4.78, 5) is 24.9. The number of rotatable bonds is 3. The maximum absolute atomic E-state index is 12.0. The third-order valence-corrected chi connectivity index (χ3v) is 1.95. The fourth-order valence-electron chi connectivity index (χ4n) is 1.10. The lowest BCUT2D eigenvalue weighted by molar-refractivity contribution is 0.00374. The van der Waals surface area contributed by atoms with Gasteiger partial charge in [0.2, 0.25) is 0 Å². The van der Waals surface area contributed by atoms with E-state index in [0.717, 1.165) is 4.90 Å². The number of allylic oxidation sites excluding steroid dienone is 1. The third kappa shape index (κ3) is 8.80. The maximum Gasteiger partial charge on any atom is 0.420 e. The molecule has 0 aromatic carbocycles. The SMILES string of the molecule is CC(C)(C)OC(=O)N(C/C=C/CCl)C(=O)OC(C)(C)C. The number of ether oxygens (including phenoxy) is 2. The summed E-state index contributed by atoms with van der Waals surface area (Å²) in [6, 6.07) is 0. The molecule has 0 aromatic rings. The van der Waals surface area contributed by atoms with Crippen molar-refractivity contribution >= 4 is 23.8 Å². The molecule has 0 aliphatic carbocycles. The molecule has 0 heterocycles. The van der Waals surface area contributed by atoms with E-state index in [1.54, 1.807) is 53.7 Å². The van der Waals surface area contributed by atoms with Crippen LogP contribution >= 0.6 is 11.6 Å². The Morgan fingerprint density at radius 3 is 1.65 bits per heavy atom. The maximum atomic E-state index is 12.0. The summed E-state index contributed by atoms with van der Waals surface area (Å²) in [6.07, 6.45) is 1.77. The lowest BCUT2D eigenvalue weighted by atomic mass is 10.2. The predicted molar refractivity (Wildman–Crippen MR) is 79.0 cm³/mol. The summed E-state index contributed by atoms with van der Waals surface area (Å²) in [5.74, 6) is 0.302. The minimum Gasteiger partial charge on any atom is -0.443 e. The summed E-state index contributed by atoms with van der Waals surface area (Å²) in [6.45, 7) is 10.4. The summed E-state index contributed by atoms with van der Waals surface area (Å²) in [5, 5.41) is 0. The molecular weight excluding hydrogens is 282 g/mol. The Morgan fingerprint density at radius 2 is 1.35 bits per heavy atom. The Bertz CT molecular complexity index is 338. The van der Waals surface area contributed by atoms with Crippen LogP contribution < -0.4 is 0 Å². The predicted octanol–water partition coefficient (Wildman–Crippen LogP) is 3.95. The zero-order valence-corrected chi connectivity index (χ0v) is 13.8. The minimum absolute atomic E-state index is 0.0521. The van der Waals surface area contributed by atoms with E-state index < -0.39 is 23.4 Å². The van der Waals surface area contributed by atoms with Gasteiger partial charge in [-0.1, -0.05) is 12.2 Å². The fourth-order valence-corrected chi connectivity index (χ4v) is 1.23. The van der Waals surface area contributed by atoms with E-state index in [-0.39, 0.29) is 6.54 Å². The number of halogens is 1. The van der Waals surface area contributed by atoms with Gasteiger partial charge in [0, 0.05) is 5.88 Å². The van der Waals surface area contributed by atoms with Gasteiger partial charge < -0.3 is 9.47 Å². The first kappa shape index (κ1) is 18.8. The molecule has 0 unspecified atom stereocenters. The van der Waals surface area contributed by atoms with Crippen molar-refractivity contribution in [2.75, 3.05) is 12.4 Å². The number of carbonyl (C=O) groups is 2. The molecule has 116 valence electrons. The number of imide groups is 1. The third-order valence-electron chi connectivity index (χ3n) is 1.77. The van der Waals surface area contributed by atoms with Gasteiger partial charge in [-0.25, -0.2) is 14.5 Å². The molecule has 0 radical (unpaired) electrons. The molecule has 0 aliphatic heterocycles. The highest BCUT2D eigenvalue weighted by molar-refractivity contribution is 6.18. The molecular formula is C14H24ClNO4. The average Bonchev–Trinajstić information content (AvgIpc) is 2.18. The molecule has 0 atom stereocenters. The van der Waals surface area contributed by atoms with E-state index >= 15 is 0 Å². The highest BCUT2D eigenvalue weighted by atomic mass is 35.5. The van der Waals surface area contributed by atoms with Crippen molar-refractivity contribution in [3.8, 4) is 0 Å². The second-order valence-electron chi connectivity index (χ2n) is 6.20. The number of carbonyl (C=O) groups excluding carboxylic acids is 2. The zero-order valence-electron chi connectivity index (χ0n) is 13.0. The van der Waals surface area contributed by atoms with Crippen LogP contribution in [0.3, 0.4) is 0 Å². The molecule has 0 spiro atoms. The van der Waals surface area contributed by atoms with Crippen molar-refractivity contribution in [3.05, 3.63) is 12.2 Å². The highest BCUT2D eigenvalue weighted by Crippen LogP contribution is 2.14. The molecule has 0 N–H and O–H groups in total. The molecule has 0 rings (SSSR count). The summed E-state index contributed by atoms with van der Waals surface area (Å²) < 4.78 is 10.4. The quantitative estimate of drug-likeness (QED) is 0.585. The molecule has 5 nitrogen and oxygen atoms in total. The van der Waals surface area contributed by atoms with Crippen LogP contribution in [0.15, 0.2) is 12.2 Å². The van der Waals surface area contributed by atoms with Crippen LogP contribution in [0.4, 0.5) is 9.59 Å². The van der Waals surface area contributed by atoms with Crippen LogP contribution in [-0.4, -0.2) is 40.7 Å². The first-order valence-corrected chi connectivity index (χ1v) is 6.94. The molecule has 6 heteroatoms. The molecule has 0 aliphatic rings. The topological polar surface area (TPSA) is 55.8 Å². The lowest BCUT2D eigenvalue weighted by Gasteiger charge is -2.28. The van der Waals surface area contributed by atoms with Gasteiger partial charge in [0.25, 0.3) is 0 Å². The largest absolute Gasteiger partial charge is 0.443 e. The summed E-state index contributed by atoms with van der Waals surface area (Å²) >= 11 is 5.52. The first-order valence-electron chi connectivity index (χ1n) is 6.41. The van der Waals surface area contributed by atoms with Crippen LogP contribution in [0.1, 0.15) is 41.5 Å². The standard InChI is InChI=1S/C14H24ClNO4/c1-13(2,3)19-11(17)16(10-8-7-9-15)12(18)20-14(4,5)6/h7-8H,9-10H2,1-6H3/b8-7+. The molecule has 0 saturated carbocycles. The van der Waals surface area contributed by atoms with Crippen molar-refractivity contribution in [2.24, 2.45) is 0 Å². The van der Waals surface area contributed by atoms with Crippen LogP contribution in [0.25, 0.3) is 0 Å². The Kier molecular flexibility index (Phi) is 7.06. The van der Waals surface area contributed by atoms with Gasteiger partial charge in [0.1, 0.15) is 11.2 Å². The second kappa shape index (κ2) is 7.53. The van der Waals surface area contributed by atoms with E-state index in [0.29, 0.717) is 5.88 Å². The Hall–Kier alpha value is -1.23. The normalized spacial score (nSPS) is 12.3. The van der Waals surface area contributed by atoms with Gasteiger partial charge in [-0.05, 0) is 41.5 Å². The van der Waals surface area contributed by atoms with Gasteiger partial charge in [-0.2, -0.15) is 0 Å². The first-order chi connectivity index (χ1) is 8.96. The fraction of sp³-hybridized carbons (Fsp3) is 0.714.